The molecule has 0 atom stereocenters. The average molecular weight is 465 g/mol. The van der Waals surface area contributed by atoms with Crippen LogP contribution in [0.25, 0.3) is 0 Å². The van der Waals surface area contributed by atoms with Gasteiger partial charge in [-0.25, -0.2) is 4.79 Å². The molecular formula is C25H48O2Si3. The predicted octanol–water partition coefficient (Wildman–Crippen LogP) is 6.53. The molecule has 1 N–H and O–H groups in total. The van der Waals surface area contributed by atoms with E-state index >= 15 is 0 Å². The lowest BCUT2D eigenvalue weighted by atomic mass is 10.2. The lowest BCUT2D eigenvalue weighted by Gasteiger charge is -2.49. The zero-order chi connectivity index (χ0) is 24.3. The number of rotatable bonds is 4. The third kappa shape index (κ3) is 4.58. The van der Waals surface area contributed by atoms with Crippen LogP contribution in [0.1, 0.15) is 72.7 Å². The number of hydrogen-bond donors (Lipinski definition) is 1. The van der Waals surface area contributed by atoms with Gasteiger partial charge >= 0.3 is 5.97 Å². The van der Waals surface area contributed by atoms with Gasteiger partial charge in [0.2, 0.25) is 0 Å². The minimum atomic E-state index is -1.97. The minimum absolute atomic E-state index is 0.145. The fourth-order valence-corrected chi connectivity index (χ4v) is 13.9. The molecule has 0 aliphatic heterocycles. The monoisotopic (exact) mass is 464 g/mol. The summed E-state index contributed by atoms with van der Waals surface area (Å²) in [6.07, 6.45) is 0. The fourth-order valence-electron chi connectivity index (χ4n) is 3.61. The molecule has 0 unspecified atom stereocenters. The van der Waals surface area contributed by atoms with Gasteiger partial charge < -0.3 is 5.11 Å². The van der Waals surface area contributed by atoms with Gasteiger partial charge in [0.25, 0.3) is 0 Å². The molecular weight excluding hydrogens is 417 g/mol. The van der Waals surface area contributed by atoms with Gasteiger partial charge in [-0.15, -0.1) is 0 Å². The highest BCUT2D eigenvalue weighted by Gasteiger charge is 2.49. The smallest absolute Gasteiger partial charge is 0.335 e. The molecule has 0 fully saturated rings. The summed E-state index contributed by atoms with van der Waals surface area (Å²) >= 11 is 0. The summed E-state index contributed by atoms with van der Waals surface area (Å²) in [5.41, 5.74) is 0.483. The van der Waals surface area contributed by atoms with E-state index in [1.807, 2.05) is 0 Å². The van der Waals surface area contributed by atoms with Crippen LogP contribution in [0.3, 0.4) is 0 Å². The second kappa shape index (κ2) is 7.73. The molecule has 2 nitrogen and oxygen atoms in total. The summed E-state index contributed by atoms with van der Waals surface area (Å²) in [6.45, 7) is 36.0. The topological polar surface area (TPSA) is 37.3 Å². The first-order valence-electron chi connectivity index (χ1n) is 11.3. The van der Waals surface area contributed by atoms with Crippen LogP contribution in [0.2, 0.25) is 54.4 Å². The van der Waals surface area contributed by atoms with Gasteiger partial charge in [-0.1, -0.05) is 117 Å². The van der Waals surface area contributed by atoms with Crippen LogP contribution in [-0.2, 0) is 0 Å². The Hall–Kier alpha value is -0.659. The largest absolute Gasteiger partial charge is 0.478 e. The molecule has 0 heterocycles. The predicted molar refractivity (Wildman–Crippen MR) is 144 cm³/mol. The van der Waals surface area contributed by atoms with E-state index in [0.717, 1.165) is 0 Å². The SMILES string of the molecule is CC(C)(C)[Si](C)(C)c1cc(C(=O)O)cc([Si](C)(C)C(C)(C)C)c1[Si](C)(C)C(C)(C)C. The maximum Gasteiger partial charge on any atom is 0.335 e. The Morgan fingerprint density at radius 3 is 1.10 bits per heavy atom. The number of carbonyl (C=O) groups is 1. The zero-order valence-electron chi connectivity index (χ0n) is 22.5. The molecule has 1 aromatic carbocycles. The van der Waals surface area contributed by atoms with Gasteiger partial charge in [-0.2, -0.15) is 0 Å². The molecule has 0 amide bonds. The highest BCUT2D eigenvalue weighted by atomic mass is 28.3. The molecule has 0 aliphatic rings. The number of carboxylic acids is 1. The van der Waals surface area contributed by atoms with Gasteiger partial charge in [0, 0.05) is 0 Å². The maximum absolute atomic E-state index is 12.3. The molecule has 5 heteroatoms. The molecule has 1 aromatic rings. The molecule has 0 radical (unpaired) electrons. The highest BCUT2D eigenvalue weighted by Crippen LogP contribution is 2.41. The molecule has 30 heavy (non-hydrogen) atoms. The maximum atomic E-state index is 12.3. The number of carboxylic acid groups (broad SMARTS) is 1. The summed E-state index contributed by atoms with van der Waals surface area (Å²) in [4.78, 5) is 12.3. The van der Waals surface area contributed by atoms with Gasteiger partial charge in [-0.3, -0.25) is 0 Å². The molecule has 0 saturated heterocycles. The van der Waals surface area contributed by atoms with Gasteiger partial charge in [0.15, 0.2) is 0 Å². The lowest BCUT2D eigenvalue weighted by Crippen LogP contribution is -2.73. The Labute approximate surface area is 189 Å². The molecule has 0 spiro atoms. The number of aromatic carboxylic acids is 1. The van der Waals surface area contributed by atoms with E-state index in [4.69, 9.17) is 0 Å². The Morgan fingerprint density at radius 2 is 0.900 bits per heavy atom. The number of hydrogen-bond acceptors (Lipinski definition) is 1. The second-order valence-electron chi connectivity index (χ2n) is 13.9. The Balaban J connectivity index is 4.39. The molecule has 0 aliphatic carbocycles. The van der Waals surface area contributed by atoms with Crippen molar-refractivity contribution in [1.29, 1.82) is 0 Å². The van der Waals surface area contributed by atoms with Crippen LogP contribution >= 0.6 is 0 Å². The summed E-state index contributed by atoms with van der Waals surface area (Å²) < 4.78 is 0. The fraction of sp³-hybridized carbons (Fsp3) is 0.720. The average Bonchev–Trinajstić information content (AvgIpc) is 2.49. The molecule has 1 rings (SSSR count). The van der Waals surface area contributed by atoms with Gasteiger partial charge in [-0.05, 0) is 27.2 Å². The van der Waals surface area contributed by atoms with E-state index in [0.29, 0.717) is 5.56 Å². The quantitative estimate of drug-likeness (QED) is 0.514. The van der Waals surface area contributed by atoms with E-state index in [-0.39, 0.29) is 15.1 Å². The first-order chi connectivity index (χ1) is 12.9. The van der Waals surface area contributed by atoms with E-state index in [1.165, 1.54) is 10.4 Å². The van der Waals surface area contributed by atoms with E-state index in [9.17, 15) is 9.90 Å². The first kappa shape index (κ1) is 27.4. The van der Waals surface area contributed by atoms with Crippen molar-refractivity contribution in [2.24, 2.45) is 0 Å². The van der Waals surface area contributed by atoms with Crippen molar-refractivity contribution in [2.75, 3.05) is 0 Å². The third-order valence-corrected chi connectivity index (χ3v) is 26.0. The van der Waals surface area contributed by atoms with E-state index in [2.05, 4.69) is 114 Å². The van der Waals surface area contributed by atoms with Crippen molar-refractivity contribution < 1.29 is 9.90 Å². The third-order valence-electron chi connectivity index (χ3n) is 8.98. The van der Waals surface area contributed by atoms with Gasteiger partial charge in [0.05, 0.1) is 29.8 Å². The standard InChI is InChI=1S/C25H48O2Si3/c1-23(2,3)28(10,11)19-16-18(22(26)27)17-20(29(12,13)24(4,5)6)21(19)30(14,15)25(7,8)9/h16-17H,1-15H3,(H,26,27). The van der Waals surface area contributed by atoms with Crippen molar-refractivity contribution in [2.45, 2.75) is 117 Å². The summed E-state index contributed by atoms with van der Waals surface area (Å²) in [5.74, 6) is -0.795. The molecule has 0 aromatic heterocycles. The van der Waals surface area contributed by atoms with Crippen molar-refractivity contribution in [1.82, 2.24) is 0 Å². The normalized spacial score (nSPS) is 14.8. The first-order valence-corrected chi connectivity index (χ1v) is 20.3. The molecule has 0 bridgehead atoms. The Kier molecular flexibility index (Phi) is 7.06. The Bertz CT molecular complexity index is 767. The van der Waals surface area contributed by atoms with Crippen molar-refractivity contribution in [3.8, 4) is 0 Å². The van der Waals surface area contributed by atoms with Crippen LogP contribution in [0.4, 0.5) is 0 Å². The molecule has 172 valence electrons. The summed E-state index contributed by atoms with van der Waals surface area (Å²) in [5, 5.41) is 14.9. The second-order valence-corrected chi connectivity index (χ2v) is 29.7. The summed E-state index contributed by atoms with van der Waals surface area (Å²) in [7, 11) is -5.86. The van der Waals surface area contributed by atoms with E-state index in [1.54, 1.807) is 5.19 Å². The number of benzene rings is 1. The van der Waals surface area contributed by atoms with Crippen LogP contribution in [0.15, 0.2) is 12.1 Å². The van der Waals surface area contributed by atoms with Crippen molar-refractivity contribution in [3.63, 3.8) is 0 Å². The lowest BCUT2D eigenvalue weighted by molar-refractivity contribution is 0.0697. The van der Waals surface area contributed by atoms with Crippen LogP contribution in [0.5, 0.6) is 0 Å². The minimum Gasteiger partial charge on any atom is -0.478 e. The van der Waals surface area contributed by atoms with Crippen LogP contribution in [-0.4, -0.2) is 35.3 Å². The summed E-state index contributed by atoms with van der Waals surface area (Å²) in [6, 6.07) is 4.15. The van der Waals surface area contributed by atoms with Gasteiger partial charge in [0.1, 0.15) is 0 Å². The van der Waals surface area contributed by atoms with Crippen molar-refractivity contribution >= 4 is 45.8 Å². The Morgan fingerprint density at radius 1 is 0.633 bits per heavy atom. The highest BCUT2D eigenvalue weighted by molar-refractivity contribution is 7.06. The van der Waals surface area contributed by atoms with Crippen LogP contribution in [0, 0.1) is 0 Å². The van der Waals surface area contributed by atoms with Crippen LogP contribution < -0.4 is 15.6 Å². The van der Waals surface area contributed by atoms with Crippen molar-refractivity contribution in [3.05, 3.63) is 17.7 Å². The zero-order valence-corrected chi connectivity index (χ0v) is 25.5. The van der Waals surface area contributed by atoms with E-state index < -0.39 is 30.2 Å². The molecule has 0 saturated carbocycles.